The Morgan fingerprint density at radius 2 is 2.12 bits per heavy atom. The van der Waals surface area contributed by atoms with Crippen LogP contribution in [0.1, 0.15) is 17.7 Å². The van der Waals surface area contributed by atoms with Crippen molar-refractivity contribution in [2.24, 2.45) is 0 Å². The van der Waals surface area contributed by atoms with Crippen LogP contribution >= 0.6 is 11.3 Å². The predicted octanol–water partition coefficient (Wildman–Crippen LogP) is 2.46. The minimum absolute atomic E-state index is 0.756. The average Bonchev–Trinajstić information content (AvgIpc) is 3.05. The molecule has 0 saturated heterocycles. The van der Waals surface area contributed by atoms with Gasteiger partial charge in [-0.2, -0.15) is 0 Å². The largest absolute Gasteiger partial charge is 0.309 e. The van der Waals surface area contributed by atoms with E-state index in [1.165, 1.54) is 17.7 Å². The van der Waals surface area contributed by atoms with Gasteiger partial charge in [-0.05, 0) is 25.0 Å². The molecule has 0 aromatic carbocycles. The summed E-state index contributed by atoms with van der Waals surface area (Å²) in [7, 11) is 0. The summed E-state index contributed by atoms with van der Waals surface area (Å²) in [5.74, 6) is 0. The van der Waals surface area contributed by atoms with Crippen LogP contribution in [-0.4, -0.2) is 16.0 Å². The minimum Gasteiger partial charge on any atom is -0.309 e. The van der Waals surface area contributed by atoms with Gasteiger partial charge >= 0.3 is 0 Å². The lowest BCUT2D eigenvalue weighted by atomic mass is 10.3. The van der Waals surface area contributed by atoms with Gasteiger partial charge < -0.3 is 5.32 Å². The monoisotopic (exact) mass is 231 g/mol. The second kappa shape index (κ2) is 4.31. The number of aromatic nitrogens is 2. The maximum absolute atomic E-state index is 4.44. The van der Waals surface area contributed by atoms with E-state index in [0.29, 0.717) is 0 Å². The van der Waals surface area contributed by atoms with Gasteiger partial charge in [-0.3, -0.25) is 4.98 Å². The Bertz CT molecular complexity index is 462. The molecule has 2 aromatic heterocycles. The molecule has 4 heteroatoms. The van der Waals surface area contributed by atoms with E-state index < -0.39 is 0 Å². The normalized spacial score (nSPS) is 15.2. The highest BCUT2D eigenvalue weighted by Crippen LogP contribution is 2.25. The molecular formula is C12H13N3S. The van der Waals surface area contributed by atoms with Gasteiger partial charge in [0.25, 0.3) is 0 Å². The van der Waals surface area contributed by atoms with E-state index in [-0.39, 0.29) is 0 Å². The summed E-state index contributed by atoms with van der Waals surface area (Å²) in [6.07, 6.45) is 8.24. The Hall–Kier alpha value is -1.26. The van der Waals surface area contributed by atoms with Gasteiger partial charge in [-0.25, -0.2) is 4.98 Å². The van der Waals surface area contributed by atoms with Gasteiger partial charge in [0.1, 0.15) is 5.01 Å². The van der Waals surface area contributed by atoms with Gasteiger partial charge in [0.15, 0.2) is 0 Å². The average molecular weight is 231 g/mol. The summed E-state index contributed by atoms with van der Waals surface area (Å²) in [4.78, 5) is 9.75. The fourth-order valence-electron chi connectivity index (χ4n) is 1.55. The number of nitrogens with one attached hydrogen (secondary N) is 1. The Morgan fingerprint density at radius 1 is 1.31 bits per heavy atom. The van der Waals surface area contributed by atoms with Gasteiger partial charge in [0.2, 0.25) is 0 Å². The molecule has 1 saturated carbocycles. The predicted molar refractivity (Wildman–Crippen MR) is 65.2 cm³/mol. The molecule has 1 aliphatic rings. The molecule has 3 nitrogen and oxygen atoms in total. The van der Waals surface area contributed by atoms with Crippen LogP contribution in [0.4, 0.5) is 0 Å². The molecule has 0 radical (unpaired) electrons. The standard InChI is InChI=1S/C12H13N3S/c1-2-10(1)14-7-11-8-15-12(16-11)9-3-5-13-6-4-9/h3-6,8,10,14H,1-2,7H2. The van der Waals surface area contributed by atoms with Gasteiger partial charge in [0, 0.05) is 41.6 Å². The zero-order chi connectivity index (χ0) is 10.8. The Labute approximate surface area is 98.6 Å². The first-order chi connectivity index (χ1) is 7.92. The molecule has 3 rings (SSSR count). The molecule has 1 aliphatic carbocycles. The van der Waals surface area contributed by atoms with Crippen molar-refractivity contribution in [1.29, 1.82) is 0 Å². The highest BCUT2D eigenvalue weighted by atomic mass is 32.1. The summed E-state index contributed by atoms with van der Waals surface area (Å²) in [6.45, 7) is 0.952. The van der Waals surface area contributed by atoms with Crippen molar-refractivity contribution in [3.63, 3.8) is 0 Å². The molecule has 2 aromatic rings. The van der Waals surface area contributed by atoms with Crippen molar-refractivity contribution in [1.82, 2.24) is 15.3 Å². The Kier molecular flexibility index (Phi) is 2.68. The molecule has 1 N–H and O–H groups in total. The van der Waals surface area contributed by atoms with Crippen LogP contribution in [0.2, 0.25) is 0 Å². The quantitative estimate of drug-likeness (QED) is 0.878. The highest BCUT2D eigenvalue weighted by Gasteiger charge is 2.20. The maximum Gasteiger partial charge on any atom is 0.123 e. The summed E-state index contributed by atoms with van der Waals surface area (Å²) in [5, 5.41) is 4.57. The molecule has 82 valence electrons. The number of nitrogens with zero attached hydrogens (tertiary/aromatic N) is 2. The summed E-state index contributed by atoms with van der Waals surface area (Å²) in [5.41, 5.74) is 1.15. The topological polar surface area (TPSA) is 37.8 Å². The maximum atomic E-state index is 4.44. The fourth-order valence-corrected chi connectivity index (χ4v) is 2.42. The molecule has 0 aliphatic heterocycles. The molecule has 0 bridgehead atoms. The van der Waals surface area contributed by atoms with Gasteiger partial charge in [0.05, 0.1) is 0 Å². The number of hydrogen-bond donors (Lipinski definition) is 1. The van der Waals surface area contributed by atoms with Crippen LogP contribution in [0.3, 0.4) is 0 Å². The van der Waals surface area contributed by atoms with E-state index in [1.54, 1.807) is 23.7 Å². The number of hydrogen-bond acceptors (Lipinski definition) is 4. The summed E-state index contributed by atoms with van der Waals surface area (Å²) >= 11 is 1.75. The first-order valence-electron chi connectivity index (χ1n) is 5.50. The van der Waals surface area contributed by atoms with E-state index >= 15 is 0 Å². The van der Waals surface area contributed by atoms with Crippen molar-refractivity contribution < 1.29 is 0 Å². The third kappa shape index (κ3) is 2.28. The van der Waals surface area contributed by atoms with Crippen molar-refractivity contribution in [2.75, 3.05) is 0 Å². The van der Waals surface area contributed by atoms with Crippen LogP contribution in [0.25, 0.3) is 10.6 Å². The number of pyridine rings is 1. The van der Waals surface area contributed by atoms with Crippen molar-refractivity contribution in [3.8, 4) is 10.6 Å². The van der Waals surface area contributed by atoms with E-state index in [0.717, 1.165) is 23.2 Å². The zero-order valence-corrected chi connectivity index (χ0v) is 9.70. The van der Waals surface area contributed by atoms with E-state index in [2.05, 4.69) is 15.3 Å². The molecular weight excluding hydrogens is 218 g/mol. The van der Waals surface area contributed by atoms with Crippen LogP contribution in [0, 0.1) is 0 Å². The van der Waals surface area contributed by atoms with Crippen LogP contribution in [0.5, 0.6) is 0 Å². The zero-order valence-electron chi connectivity index (χ0n) is 8.89. The lowest BCUT2D eigenvalue weighted by Crippen LogP contribution is -2.14. The van der Waals surface area contributed by atoms with E-state index in [4.69, 9.17) is 0 Å². The van der Waals surface area contributed by atoms with Crippen molar-refractivity contribution in [3.05, 3.63) is 35.6 Å². The van der Waals surface area contributed by atoms with E-state index in [1.807, 2.05) is 18.3 Å². The van der Waals surface area contributed by atoms with E-state index in [9.17, 15) is 0 Å². The van der Waals surface area contributed by atoms with Crippen molar-refractivity contribution in [2.45, 2.75) is 25.4 Å². The SMILES string of the molecule is c1cc(-c2ncc(CNC3CC3)s2)ccn1. The Morgan fingerprint density at radius 3 is 2.88 bits per heavy atom. The number of thiazole rings is 1. The third-order valence-corrected chi connectivity index (χ3v) is 3.67. The second-order valence-electron chi connectivity index (χ2n) is 4.02. The van der Waals surface area contributed by atoms with Crippen LogP contribution in [-0.2, 0) is 6.54 Å². The summed E-state index contributed by atoms with van der Waals surface area (Å²) < 4.78 is 0. The first kappa shape index (κ1) is 9.93. The molecule has 0 spiro atoms. The lowest BCUT2D eigenvalue weighted by molar-refractivity contribution is 0.694. The molecule has 1 fully saturated rings. The highest BCUT2D eigenvalue weighted by molar-refractivity contribution is 7.15. The van der Waals surface area contributed by atoms with Crippen LogP contribution in [0.15, 0.2) is 30.7 Å². The third-order valence-electron chi connectivity index (χ3n) is 2.62. The van der Waals surface area contributed by atoms with Crippen molar-refractivity contribution >= 4 is 11.3 Å². The molecule has 0 atom stereocenters. The molecule has 2 heterocycles. The van der Waals surface area contributed by atoms with Gasteiger partial charge in [-0.1, -0.05) is 0 Å². The smallest absolute Gasteiger partial charge is 0.123 e. The number of rotatable bonds is 4. The van der Waals surface area contributed by atoms with Crippen LogP contribution < -0.4 is 5.32 Å². The minimum atomic E-state index is 0.756. The second-order valence-corrected chi connectivity index (χ2v) is 5.14. The lowest BCUT2D eigenvalue weighted by Gasteiger charge is -1.97. The molecule has 0 amide bonds. The fraction of sp³-hybridized carbons (Fsp3) is 0.333. The summed E-state index contributed by atoms with van der Waals surface area (Å²) in [6, 6.07) is 4.75. The Balaban J connectivity index is 1.71. The first-order valence-corrected chi connectivity index (χ1v) is 6.32. The van der Waals surface area contributed by atoms with Gasteiger partial charge in [-0.15, -0.1) is 11.3 Å². The molecule has 16 heavy (non-hydrogen) atoms. The molecule has 0 unspecified atom stereocenters.